The van der Waals surface area contributed by atoms with Crippen LogP contribution in [0.5, 0.6) is 0 Å². The monoisotopic (exact) mass is 304 g/mol. The van der Waals surface area contributed by atoms with Gasteiger partial charge in [0.05, 0.1) is 13.2 Å². The van der Waals surface area contributed by atoms with Crippen molar-refractivity contribution in [3.8, 4) is 0 Å². The lowest BCUT2D eigenvalue weighted by atomic mass is 9.97. The summed E-state index contributed by atoms with van der Waals surface area (Å²) in [6, 6.07) is 0. The van der Waals surface area contributed by atoms with Gasteiger partial charge in [0.15, 0.2) is 0 Å². The van der Waals surface area contributed by atoms with E-state index in [0.29, 0.717) is 0 Å². The van der Waals surface area contributed by atoms with Crippen LogP contribution in [0.2, 0.25) is 0 Å². The average Bonchev–Trinajstić information content (AvgIpc) is 2.22. The Morgan fingerprint density at radius 3 is 1.95 bits per heavy atom. The molecule has 0 heterocycles. The second-order valence-electron chi connectivity index (χ2n) is 6.82. The van der Waals surface area contributed by atoms with Crippen LogP contribution in [-0.4, -0.2) is 52.6 Å². The molecule has 0 aliphatic heterocycles. The lowest BCUT2D eigenvalue weighted by molar-refractivity contribution is 0.00729. The maximum atomic E-state index is 12.2. The largest absolute Gasteiger partial charge is 0.449 e. The second kappa shape index (κ2) is 7.49. The minimum absolute atomic E-state index is 0.0278. The summed E-state index contributed by atoms with van der Waals surface area (Å²) in [4.78, 5) is 24.5. The molecule has 0 spiro atoms. The van der Waals surface area contributed by atoms with E-state index in [0.717, 1.165) is 0 Å². The van der Waals surface area contributed by atoms with E-state index in [4.69, 9.17) is 15.6 Å². The van der Waals surface area contributed by atoms with Crippen molar-refractivity contribution in [1.29, 1.82) is 0 Å². The fourth-order valence-corrected chi connectivity index (χ4v) is 2.25. The van der Waals surface area contributed by atoms with Crippen molar-refractivity contribution >= 4 is 12.2 Å². The van der Waals surface area contributed by atoms with Crippen LogP contribution in [0.3, 0.4) is 0 Å². The van der Waals surface area contributed by atoms with Gasteiger partial charge in [0, 0.05) is 17.5 Å². The number of amides is 2. The quantitative estimate of drug-likeness (QED) is 0.807. The highest BCUT2D eigenvalue weighted by atomic mass is 16.6. The molecule has 0 aliphatic carbocycles. The number of primary amides is 1. The third kappa shape index (κ3) is 7.17. The second-order valence-corrected chi connectivity index (χ2v) is 6.82. The Kier molecular flexibility index (Phi) is 6.96. The molecule has 0 radical (unpaired) electrons. The molecule has 0 unspecified atom stereocenters. The van der Waals surface area contributed by atoms with Crippen LogP contribution in [0.25, 0.3) is 0 Å². The van der Waals surface area contributed by atoms with E-state index in [-0.39, 0.29) is 19.6 Å². The van der Waals surface area contributed by atoms with E-state index in [1.807, 2.05) is 41.5 Å². The molecule has 0 aromatic heterocycles. The highest BCUT2D eigenvalue weighted by Crippen LogP contribution is 2.25. The number of carbonyl (C=O) groups excluding carboxylic acids is 2. The number of nitrogens with two attached hydrogens (primary N) is 1. The van der Waals surface area contributed by atoms with Crippen LogP contribution < -0.4 is 5.73 Å². The highest BCUT2D eigenvalue weighted by molar-refractivity contribution is 5.69. The van der Waals surface area contributed by atoms with Gasteiger partial charge in [0.1, 0.15) is 6.10 Å². The van der Waals surface area contributed by atoms with Crippen LogP contribution in [0.4, 0.5) is 9.59 Å². The number of hydrogen-bond acceptors (Lipinski definition) is 5. The number of aliphatic hydroxyl groups is 1. The Morgan fingerprint density at radius 1 is 1.14 bits per heavy atom. The summed E-state index contributed by atoms with van der Waals surface area (Å²) < 4.78 is 9.88. The SMILES string of the molecule is CC(C)(C)N(C(=O)OCC[C@@H](CO)OC(N)=O)C(C)(C)C. The number of nitrogens with zero attached hydrogens (tertiary/aromatic N) is 1. The highest BCUT2D eigenvalue weighted by Gasteiger charge is 2.36. The Hall–Kier alpha value is -1.50. The topological polar surface area (TPSA) is 102 Å². The van der Waals surface area contributed by atoms with E-state index in [9.17, 15) is 9.59 Å². The van der Waals surface area contributed by atoms with Gasteiger partial charge in [-0.05, 0) is 41.5 Å². The fraction of sp³-hybridized carbons (Fsp3) is 0.857. The fourth-order valence-electron chi connectivity index (χ4n) is 2.25. The number of ether oxygens (including phenoxy) is 2. The molecule has 0 saturated carbocycles. The number of aliphatic hydroxyl groups excluding tert-OH is 1. The van der Waals surface area contributed by atoms with Gasteiger partial charge in [-0.3, -0.25) is 4.90 Å². The summed E-state index contributed by atoms with van der Waals surface area (Å²) in [5.41, 5.74) is 4.09. The first-order valence-electron chi connectivity index (χ1n) is 6.93. The Balaban J connectivity index is 4.56. The first-order valence-corrected chi connectivity index (χ1v) is 6.93. The van der Waals surface area contributed by atoms with E-state index >= 15 is 0 Å². The smallest absolute Gasteiger partial charge is 0.410 e. The number of rotatable bonds is 5. The molecule has 2 amide bonds. The van der Waals surface area contributed by atoms with Gasteiger partial charge in [0.25, 0.3) is 0 Å². The molecule has 0 saturated heterocycles. The molecule has 0 fully saturated rings. The first-order chi connectivity index (χ1) is 9.39. The Labute approximate surface area is 126 Å². The van der Waals surface area contributed by atoms with Crippen LogP contribution in [0, 0.1) is 0 Å². The van der Waals surface area contributed by atoms with Crippen LogP contribution in [-0.2, 0) is 9.47 Å². The third-order valence-electron chi connectivity index (χ3n) is 2.68. The maximum absolute atomic E-state index is 12.2. The molecule has 1 atom stereocenters. The number of hydrogen-bond donors (Lipinski definition) is 2. The minimum Gasteiger partial charge on any atom is -0.449 e. The van der Waals surface area contributed by atoms with Gasteiger partial charge in [-0.1, -0.05) is 0 Å². The van der Waals surface area contributed by atoms with E-state index in [1.54, 1.807) is 4.90 Å². The molecule has 0 rings (SSSR count). The molecule has 124 valence electrons. The summed E-state index contributed by atoms with van der Waals surface area (Å²) in [5.74, 6) is 0. The Bertz CT molecular complexity index is 343. The molecular formula is C14H28N2O5. The third-order valence-corrected chi connectivity index (χ3v) is 2.68. The minimum atomic E-state index is -0.966. The number of carbonyl (C=O) groups is 2. The lowest BCUT2D eigenvalue weighted by Gasteiger charge is -2.44. The molecule has 7 heteroatoms. The van der Waals surface area contributed by atoms with Gasteiger partial charge in [0.2, 0.25) is 0 Å². The normalized spacial score (nSPS) is 13.5. The average molecular weight is 304 g/mol. The van der Waals surface area contributed by atoms with Gasteiger partial charge in [-0.2, -0.15) is 0 Å². The van der Waals surface area contributed by atoms with Crippen LogP contribution in [0.15, 0.2) is 0 Å². The van der Waals surface area contributed by atoms with Crippen molar-refractivity contribution in [3.05, 3.63) is 0 Å². The van der Waals surface area contributed by atoms with Crippen molar-refractivity contribution in [2.24, 2.45) is 5.73 Å². The maximum Gasteiger partial charge on any atom is 0.410 e. The van der Waals surface area contributed by atoms with Gasteiger partial charge < -0.3 is 20.3 Å². The van der Waals surface area contributed by atoms with Crippen molar-refractivity contribution in [2.75, 3.05) is 13.2 Å². The molecule has 0 aromatic carbocycles. The van der Waals surface area contributed by atoms with Crippen molar-refractivity contribution < 1.29 is 24.2 Å². The summed E-state index contributed by atoms with van der Waals surface area (Å²) in [5, 5.41) is 9.02. The molecule has 0 aromatic rings. The predicted octanol–water partition coefficient (Wildman–Crippen LogP) is 1.87. The molecule has 0 bridgehead atoms. The van der Waals surface area contributed by atoms with Crippen molar-refractivity contribution in [2.45, 2.75) is 65.1 Å². The Morgan fingerprint density at radius 2 is 1.62 bits per heavy atom. The molecule has 3 N–H and O–H groups in total. The van der Waals surface area contributed by atoms with Gasteiger partial charge in [-0.25, -0.2) is 9.59 Å². The van der Waals surface area contributed by atoms with Crippen LogP contribution >= 0.6 is 0 Å². The molecule has 7 nitrogen and oxygen atoms in total. The lowest BCUT2D eigenvalue weighted by Crippen LogP contribution is -2.55. The zero-order valence-electron chi connectivity index (χ0n) is 13.8. The predicted molar refractivity (Wildman–Crippen MR) is 78.9 cm³/mol. The summed E-state index contributed by atoms with van der Waals surface area (Å²) in [6.07, 6.45) is -2.00. The summed E-state index contributed by atoms with van der Waals surface area (Å²) in [7, 11) is 0. The van der Waals surface area contributed by atoms with E-state index < -0.39 is 29.4 Å². The van der Waals surface area contributed by atoms with Crippen LogP contribution in [0.1, 0.15) is 48.0 Å². The zero-order chi connectivity index (χ0) is 16.8. The molecule has 0 aliphatic rings. The molecule has 21 heavy (non-hydrogen) atoms. The zero-order valence-corrected chi connectivity index (χ0v) is 13.8. The van der Waals surface area contributed by atoms with Crippen molar-refractivity contribution in [1.82, 2.24) is 4.90 Å². The standard InChI is InChI=1S/C14H28N2O5/c1-13(2,3)16(14(4,5)6)12(19)20-8-7-10(9-17)21-11(15)18/h10,17H,7-9H2,1-6H3,(H2,15,18)/t10-/m0/s1. The van der Waals surface area contributed by atoms with Gasteiger partial charge in [-0.15, -0.1) is 0 Å². The summed E-state index contributed by atoms with van der Waals surface area (Å²) in [6.45, 7) is 11.2. The van der Waals surface area contributed by atoms with E-state index in [1.165, 1.54) is 0 Å². The van der Waals surface area contributed by atoms with Crippen molar-refractivity contribution in [3.63, 3.8) is 0 Å². The summed E-state index contributed by atoms with van der Waals surface area (Å²) >= 11 is 0. The van der Waals surface area contributed by atoms with E-state index in [2.05, 4.69) is 4.74 Å². The first kappa shape index (κ1) is 19.5. The molecular weight excluding hydrogens is 276 g/mol. The van der Waals surface area contributed by atoms with Gasteiger partial charge >= 0.3 is 12.2 Å².